The van der Waals surface area contributed by atoms with Crippen LogP contribution in [0.15, 0.2) is 18.3 Å². The van der Waals surface area contributed by atoms with Crippen LogP contribution in [0.4, 0.5) is 0 Å². The van der Waals surface area contributed by atoms with Gasteiger partial charge in [-0.3, -0.25) is 0 Å². The first kappa shape index (κ1) is 10.6. The number of pyridine rings is 1. The van der Waals surface area contributed by atoms with Gasteiger partial charge in [-0.25, -0.2) is 9.78 Å². The number of aromatic nitrogens is 2. The van der Waals surface area contributed by atoms with E-state index in [1.54, 1.807) is 0 Å². The fourth-order valence-electron chi connectivity index (χ4n) is 1.64. The maximum atomic E-state index is 11.5. The molecular formula is C11H13N3O2. The van der Waals surface area contributed by atoms with E-state index in [1.807, 2.05) is 29.7 Å². The highest BCUT2D eigenvalue weighted by molar-refractivity contribution is 5.95. The molecule has 0 saturated carbocycles. The third kappa shape index (κ3) is 1.55. The molecule has 0 fully saturated rings. The van der Waals surface area contributed by atoms with E-state index in [-0.39, 0.29) is 6.54 Å². The topological polar surface area (TPSA) is 69.6 Å². The van der Waals surface area contributed by atoms with Crippen LogP contribution in [0.5, 0.6) is 0 Å². The number of hydrogen-bond donors (Lipinski definition) is 1. The quantitative estimate of drug-likeness (QED) is 0.761. The molecule has 0 atom stereocenters. The number of nitrogens with zero attached hydrogens (tertiary/aromatic N) is 2. The Bertz CT molecular complexity index is 545. The molecule has 2 heterocycles. The van der Waals surface area contributed by atoms with Crippen molar-refractivity contribution in [3.63, 3.8) is 0 Å². The Morgan fingerprint density at radius 2 is 2.31 bits per heavy atom. The molecule has 2 aromatic heterocycles. The molecule has 0 spiro atoms. The van der Waals surface area contributed by atoms with Gasteiger partial charge in [0.1, 0.15) is 5.82 Å². The largest absolute Gasteiger partial charge is 0.464 e. The zero-order valence-corrected chi connectivity index (χ0v) is 9.23. The lowest BCUT2D eigenvalue weighted by Gasteiger charge is -1.99. The third-order valence-electron chi connectivity index (χ3n) is 2.42. The summed E-state index contributed by atoms with van der Waals surface area (Å²) in [5.74, 6) is 0.208. The highest BCUT2D eigenvalue weighted by Gasteiger charge is 2.16. The zero-order chi connectivity index (χ0) is 11.7. The van der Waals surface area contributed by atoms with Crippen molar-refractivity contribution in [2.45, 2.75) is 13.5 Å². The van der Waals surface area contributed by atoms with E-state index in [1.165, 1.54) is 7.11 Å². The average Bonchev–Trinajstić information content (AvgIpc) is 2.66. The number of esters is 1. The van der Waals surface area contributed by atoms with Gasteiger partial charge in [-0.15, -0.1) is 0 Å². The standard InChI is InChI=1S/C11H13N3O2/c1-7-3-4-8-10(11(15)16-2)13-9(5-12)14(8)6-7/h3-4,6H,5,12H2,1-2H3. The Morgan fingerprint density at radius 1 is 1.56 bits per heavy atom. The van der Waals surface area contributed by atoms with E-state index < -0.39 is 5.97 Å². The molecule has 0 radical (unpaired) electrons. The van der Waals surface area contributed by atoms with Gasteiger partial charge >= 0.3 is 5.97 Å². The summed E-state index contributed by atoms with van der Waals surface area (Å²) in [5.41, 5.74) is 7.69. The van der Waals surface area contributed by atoms with E-state index in [4.69, 9.17) is 5.73 Å². The van der Waals surface area contributed by atoms with E-state index >= 15 is 0 Å². The molecule has 0 amide bonds. The third-order valence-corrected chi connectivity index (χ3v) is 2.42. The van der Waals surface area contributed by atoms with Gasteiger partial charge < -0.3 is 14.9 Å². The number of ether oxygens (including phenoxy) is 1. The second-order valence-corrected chi connectivity index (χ2v) is 3.53. The van der Waals surface area contributed by atoms with Gasteiger partial charge in [0.15, 0.2) is 5.69 Å². The monoisotopic (exact) mass is 219 g/mol. The first-order valence-corrected chi connectivity index (χ1v) is 4.93. The average molecular weight is 219 g/mol. The predicted octanol–water partition coefficient (Wildman–Crippen LogP) is 0.888. The summed E-state index contributed by atoms with van der Waals surface area (Å²) in [5, 5.41) is 0. The Hall–Kier alpha value is -1.88. The number of fused-ring (bicyclic) bond motifs is 1. The Labute approximate surface area is 92.8 Å². The van der Waals surface area contributed by atoms with Crippen molar-refractivity contribution in [1.29, 1.82) is 0 Å². The van der Waals surface area contributed by atoms with E-state index in [9.17, 15) is 4.79 Å². The molecule has 84 valence electrons. The number of imidazole rings is 1. The second kappa shape index (κ2) is 3.94. The highest BCUT2D eigenvalue weighted by Crippen LogP contribution is 2.15. The van der Waals surface area contributed by atoms with Crippen molar-refractivity contribution in [3.8, 4) is 0 Å². The van der Waals surface area contributed by atoms with Crippen LogP contribution in [0.25, 0.3) is 5.52 Å². The minimum absolute atomic E-state index is 0.279. The summed E-state index contributed by atoms with van der Waals surface area (Å²) < 4.78 is 6.50. The number of hydrogen-bond acceptors (Lipinski definition) is 4. The number of carbonyl (C=O) groups is 1. The molecule has 16 heavy (non-hydrogen) atoms. The maximum Gasteiger partial charge on any atom is 0.358 e. The summed E-state index contributed by atoms with van der Waals surface area (Å²) in [6.45, 7) is 2.25. The van der Waals surface area contributed by atoms with Crippen LogP contribution >= 0.6 is 0 Å². The lowest BCUT2D eigenvalue weighted by Crippen LogP contribution is -2.03. The Kier molecular flexibility index (Phi) is 2.62. The van der Waals surface area contributed by atoms with Gasteiger partial charge in [0, 0.05) is 6.20 Å². The zero-order valence-electron chi connectivity index (χ0n) is 9.23. The minimum atomic E-state index is -0.443. The van der Waals surface area contributed by atoms with Gasteiger partial charge in [-0.1, -0.05) is 6.07 Å². The summed E-state index contributed by atoms with van der Waals surface area (Å²) in [4.78, 5) is 15.7. The van der Waals surface area contributed by atoms with E-state index in [0.29, 0.717) is 11.5 Å². The molecule has 0 saturated heterocycles. The van der Waals surface area contributed by atoms with Gasteiger partial charge in [0.05, 0.1) is 19.2 Å². The minimum Gasteiger partial charge on any atom is -0.464 e. The first-order chi connectivity index (χ1) is 7.67. The van der Waals surface area contributed by atoms with Crippen LogP contribution in [0, 0.1) is 6.92 Å². The van der Waals surface area contributed by atoms with Crippen molar-refractivity contribution in [2.75, 3.05) is 7.11 Å². The van der Waals surface area contributed by atoms with Crippen LogP contribution < -0.4 is 5.73 Å². The van der Waals surface area contributed by atoms with Gasteiger partial charge in [0.2, 0.25) is 0 Å². The molecule has 2 N–H and O–H groups in total. The van der Waals surface area contributed by atoms with Crippen LogP contribution in [0.3, 0.4) is 0 Å². The van der Waals surface area contributed by atoms with Crippen molar-refractivity contribution < 1.29 is 9.53 Å². The summed E-state index contributed by atoms with van der Waals surface area (Å²) in [6, 6.07) is 3.76. The second-order valence-electron chi connectivity index (χ2n) is 3.53. The van der Waals surface area contributed by atoms with Crippen LogP contribution in [-0.2, 0) is 11.3 Å². The molecule has 5 heteroatoms. The molecule has 5 nitrogen and oxygen atoms in total. The predicted molar refractivity (Wildman–Crippen MR) is 59.2 cm³/mol. The Morgan fingerprint density at radius 3 is 2.94 bits per heavy atom. The molecule has 0 aliphatic rings. The Balaban J connectivity index is 2.72. The molecule has 0 aliphatic heterocycles. The normalized spacial score (nSPS) is 10.7. The molecular weight excluding hydrogens is 206 g/mol. The van der Waals surface area contributed by atoms with Crippen molar-refractivity contribution in [1.82, 2.24) is 9.38 Å². The van der Waals surface area contributed by atoms with E-state index in [2.05, 4.69) is 9.72 Å². The van der Waals surface area contributed by atoms with Gasteiger partial charge in [-0.2, -0.15) is 0 Å². The number of aryl methyl sites for hydroxylation is 1. The molecule has 0 bridgehead atoms. The molecule has 0 aromatic carbocycles. The van der Waals surface area contributed by atoms with Crippen LogP contribution in [0.2, 0.25) is 0 Å². The molecule has 2 aromatic rings. The van der Waals surface area contributed by atoms with Crippen molar-refractivity contribution in [2.24, 2.45) is 5.73 Å². The fraction of sp³-hybridized carbons (Fsp3) is 0.273. The van der Waals surface area contributed by atoms with Crippen molar-refractivity contribution in [3.05, 3.63) is 35.4 Å². The number of methoxy groups -OCH3 is 1. The number of nitrogens with two attached hydrogens (primary N) is 1. The smallest absolute Gasteiger partial charge is 0.358 e. The number of rotatable bonds is 2. The fourth-order valence-corrected chi connectivity index (χ4v) is 1.64. The first-order valence-electron chi connectivity index (χ1n) is 4.93. The number of carbonyl (C=O) groups excluding carboxylic acids is 1. The van der Waals surface area contributed by atoms with E-state index in [0.717, 1.165) is 11.1 Å². The summed E-state index contributed by atoms with van der Waals surface area (Å²) >= 11 is 0. The molecule has 0 unspecified atom stereocenters. The van der Waals surface area contributed by atoms with Gasteiger partial charge in [0.25, 0.3) is 0 Å². The lowest BCUT2D eigenvalue weighted by molar-refractivity contribution is 0.0597. The highest BCUT2D eigenvalue weighted by atomic mass is 16.5. The maximum absolute atomic E-state index is 11.5. The lowest BCUT2D eigenvalue weighted by atomic mass is 10.2. The summed E-state index contributed by atoms with van der Waals surface area (Å²) in [6.07, 6.45) is 1.90. The van der Waals surface area contributed by atoms with Crippen LogP contribution in [0.1, 0.15) is 21.9 Å². The SMILES string of the molecule is COC(=O)c1nc(CN)n2cc(C)ccc12. The molecule has 2 rings (SSSR count). The van der Waals surface area contributed by atoms with Gasteiger partial charge in [-0.05, 0) is 18.6 Å². The molecule has 0 aliphatic carbocycles. The van der Waals surface area contributed by atoms with Crippen LogP contribution in [-0.4, -0.2) is 22.5 Å². The summed E-state index contributed by atoms with van der Waals surface area (Å²) in [7, 11) is 1.34. The van der Waals surface area contributed by atoms with Crippen molar-refractivity contribution >= 4 is 11.5 Å².